The summed E-state index contributed by atoms with van der Waals surface area (Å²) in [5.41, 5.74) is -1.04. The van der Waals surface area contributed by atoms with E-state index in [-0.39, 0.29) is 6.10 Å². The molecule has 0 aromatic carbocycles. The second kappa shape index (κ2) is 6.03. The molecule has 0 heterocycles. The SMILES string of the molecule is CCOC(=O)C1(C(=O)OC(C)C)CCCCC1. The summed E-state index contributed by atoms with van der Waals surface area (Å²) >= 11 is 0. The molecule has 98 valence electrons. The normalized spacial score (nSPS) is 18.8. The van der Waals surface area contributed by atoms with Crippen LogP contribution in [0.1, 0.15) is 52.9 Å². The summed E-state index contributed by atoms with van der Waals surface area (Å²) < 4.78 is 10.3. The molecule has 1 saturated carbocycles. The first-order valence-corrected chi connectivity index (χ1v) is 6.41. The minimum absolute atomic E-state index is 0.198. The summed E-state index contributed by atoms with van der Waals surface area (Å²) in [6, 6.07) is 0. The van der Waals surface area contributed by atoms with E-state index in [2.05, 4.69) is 0 Å². The van der Waals surface area contributed by atoms with E-state index in [0.717, 1.165) is 19.3 Å². The van der Waals surface area contributed by atoms with E-state index < -0.39 is 17.4 Å². The average molecular weight is 242 g/mol. The van der Waals surface area contributed by atoms with Crippen LogP contribution in [-0.4, -0.2) is 24.6 Å². The molecule has 0 N–H and O–H groups in total. The Hall–Kier alpha value is -1.06. The van der Waals surface area contributed by atoms with Crippen molar-refractivity contribution in [3.63, 3.8) is 0 Å². The molecule has 1 fully saturated rings. The van der Waals surface area contributed by atoms with Crippen LogP contribution in [0.2, 0.25) is 0 Å². The number of carbonyl (C=O) groups excluding carboxylic acids is 2. The molecule has 0 aliphatic heterocycles. The first-order valence-electron chi connectivity index (χ1n) is 6.41. The van der Waals surface area contributed by atoms with Crippen LogP contribution in [0, 0.1) is 5.41 Å². The zero-order valence-electron chi connectivity index (χ0n) is 11.0. The third kappa shape index (κ3) is 3.20. The fourth-order valence-corrected chi connectivity index (χ4v) is 2.24. The van der Waals surface area contributed by atoms with Gasteiger partial charge in [-0.1, -0.05) is 19.3 Å². The van der Waals surface area contributed by atoms with Crippen LogP contribution in [0.4, 0.5) is 0 Å². The Morgan fingerprint density at radius 3 is 2.18 bits per heavy atom. The molecular weight excluding hydrogens is 220 g/mol. The number of hydrogen-bond donors (Lipinski definition) is 0. The van der Waals surface area contributed by atoms with Gasteiger partial charge in [0.15, 0.2) is 5.41 Å². The standard InChI is InChI=1S/C13H22O4/c1-4-16-11(14)13(8-6-5-7-9-13)12(15)17-10(2)3/h10H,4-9H2,1-3H3. The van der Waals surface area contributed by atoms with Gasteiger partial charge in [0.05, 0.1) is 12.7 Å². The molecule has 0 amide bonds. The van der Waals surface area contributed by atoms with E-state index in [9.17, 15) is 9.59 Å². The number of ether oxygens (including phenoxy) is 2. The van der Waals surface area contributed by atoms with Crippen molar-refractivity contribution in [1.82, 2.24) is 0 Å². The lowest BCUT2D eigenvalue weighted by molar-refractivity contribution is -0.177. The van der Waals surface area contributed by atoms with Gasteiger partial charge in [-0.3, -0.25) is 9.59 Å². The van der Waals surface area contributed by atoms with Gasteiger partial charge in [0.25, 0.3) is 0 Å². The van der Waals surface area contributed by atoms with Gasteiger partial charge in [0, 0.05) is 0 Å². The Labute approximate surface area is 103 Å². The molecule has 0 unspecified atom stereocenters. The first kappa shape index (κ1) is 14.0. The Bertz CT molecular complexity index is 277. The second-order valence-electron chi connectivity index (χ2n) is 4.82. The summed E-state index contributed by atoms with van der Waals surface area (Å²) in [7, 11) is 0. The molecule has 17 heavy (non-hydrogen) atoms. The molecule has 4 nitrogen and oxygen atoms in total. The highest BCUT2D eigenvalue weighted by molar-refractivity contribution is 6.00. The van der Waals surface area contributed by atoms with Gasteiger partial charge in [-0.15, -0.1) is 0 Å². The lowest BCUT2D eigenvalue weighted by Gasteiger charge is -2.32. The highest BCUT2D eigenvalue weighted by Crippen LogP contribution is 2.39. The number of rotatable bonds is 4. The number of hydrogen-bond acceptors (Lipinski definition) is 4. The van der Waals surface area contributed by atoms with Gasteiger partial charge in [0.1, 0.15) is 0 Å². The lowest BCUT2D eigenvalue weighted by atomic mass is 9.74. The van der Waals surface area contributed by atoms with Gasteiger partial charge < -0.3 is 9.47 Å². The molecule has 0 radical (unpaired) electrons. The van der Waals surface area contributed by atoms with Crippen molar-refractivity contribution in [2.45, 2.75) is 59.0 Å². The third-order valence-electron chi connectivity index (χ3n) is 3.11. The van der Waals surface area contributed by atoms with Crippen LogP contribution in [-0.2, 0) is 19.1 Å². The molecule has 4 heteroatoms. The maximum Gasteiger partial charge on any atom is 0.323 e. The topological polar surface area (TPSA) is 52.6 Å². The van der Waals surface area contributed by atoms with Crippen LogP contribution in [0.15, 0.2) is 0 Å². The van der Waals surface area contributed by atoms with Crippen molar-refractivity contribution in [2.24, 2.45) is 5.41 Å². The van der Waals surface area contributed by atoms with Gasteiger partial charge in [-0.25, -0.2) is 0 Å². The largest absolute Gasteiger partial charge is 0.465 e. The van der Waals surface area contributed by atoms with Gasteiger partial charge in [-0.05, 0) is 33.6 Å². The summed E-state index contributed by atoms with van der Waals surface area (Å²) in [6.45, 7) is 5.64. The molecule has 0 atom stereocenters. The van der Waals surface area contributed by atoms with Crippen molar-refractivity contribution in [3.05, 3.63) is 0 Å². The van der Waals surface area contributed by atoms with Crippen LogP contribution in [0.25, 0.3) is 0 Å². The minimum atomic E-state index is -1.04. The maximum atomic E-state index is 12.1. The van der Waals surface area contributed by atoms with E-state index in [0.29, 0.717) is 19.4 Å². The first-order chi connectivity index (χ1) is 8.03. The van der Waals surface area contributed by atoms with Gasteiger partial charge in [-0.2, -0.15) is 0 Å². The number of esters is 2. The summed E-state index contributed by atoms with van der Waals surface area (Å²) in [5, 5.41) is 0. The van der Waals surface area contributed by atoms with Crippen molar-refractivity contribution in [3.8, 4) is 0 Å². The highest BCUT2D eigenvalue weighted by Gasteiger charge is 2.49. The molecule has 0 bridgehead atoms. The third-order valence-corrected chi connectivity index (χ3v) is 3.11. The molecule has 1 aliphatic rings. The quantitative estimate of drug-likeness (QED) is 0.561. The van der Waals surface area contributed by atoms with E-state index in [1.54, 1.807) is 20.8 Å². The van der Waals surface area contributed by atoms with Crippen molar-refractivity contribution < 1.29 is 19.1 Å². The zero-order valence-corrected chi connectivity index (χ0v) is 11.0. The molecule has 1 rings (SSSR count). The summed E-state index contributed by atoms with van der Waals surface area (Å²) in [4.78, 5) is 24.1. The average Bonchev–Trinajstić information content (AvgIpc) is 2.29. The predicted molar refractivity (Wildman–Crippen MR) is 63.4 cm³/mol. The Morgan fingerprint density at radius 1 is 1.12 bits per heavy atom. The minimum Gasteiger partial charge on any atom is -0.465 e. The van der Waals surface area contributed by atoms with E-state index >= 15 is 0 Å². The fraction of sp³-hybridized carbons (Fsp3) is 0.846. The van der Waals surface area contributed by atoms with Crippen LogP contribution >= 0.6 is 0 Å². The maximum absolute atomic E-state index is 12.1. The number of carbonyl (C=O) groups is 2. The van der Waals surface area contributed by atoms with Gasteiger partial charge in [0.2, 0.25) is 0 Å². The predicted octanol–water partition coefficient (Wildman–Crippen LogP) is 2.45. The highest BCUT2D eigenvalue weighted by atomic mass is 16.6. The Kier molecular flexibility index (Phi) is 4.97. The van der Waals surface area contributed by atoms with Crippen molar-refractivity contribution in [1.29, 1.82) is 0 Å². The molecular formula is C13H22O4. The van der Waals surface area contributed by atoms with E-state index in [4.69, 9.17) is 9.47 Å². The molecule has 0 aromatic heterocycles. The smallest absolute Gasteiger partial charge is 0.323 e. The van der Waals surface area contributed by atoms with Gasteiger partial charge >= 0.3 is 11.9 Å². The van der Waals surface area contributed by atoms with Crippen molar-refractivity contribution in [2.75, 3.05) is 6.61 Å². The van der Waals surface area contributed by atoms with Crippen LogP contribution in [0.3, 0.4) is 0 Å². The fourth-order valence-electron chi connectivity index (χ4n) is 2.24. The van der Waals surface area contributed by atoms with E-state index in [1.807, 2.05) is 0 Å². The molecule has 0 saturated heterocycles. The Balaban J connectivity index is 2.84. The summed E-state index contributed by atoms with van der Waals surface area (Å²) in [5.74, 6) is -0.823. The lowest BCUT2D eigenvalue weighted by Crippen LogP contribution is -2.44. The molecule has 0 aromatic rings. The second-order valence-corrected chi connectivity index (χ2v) is 4.82. The Morgan fingerprint density at radius 2 is 1.71 bits per heavy atom. The zero-order chi connectivity index (χ0) is 12.9. The van der Waals surface area contributed by atoms with E-state index in [1.165, 1.54) is 0 Å². The monoisotopic (exact) mass is 242 g/mol. The molecule has 0 spiro atoms. The molecule has 1 aliphatic carbocycles. The van der Waals surface area contributed by atoms with Crippen LogP contribution in [0.5, 0.6) is 0 Å². The van der Waals surface area contributed by atoms with Crippen LogP contribution < -0.4 is 0 Å². The summed E-state index contributed by atoms with van der Waals surface area (Å²) in [6.07, 6.45) is 3.74. The van der Waals surface area contributed by atoms with Crippen molar-refractivity contribution >= 4 is 11.9 Å².